The molecule has 0 bridgehead atoms. The molecule has 0 aromatic carbocycles. The zero-order valence-electron chi connectivity index (χ0n) is 9.26. The molecular formula is C13H15NOS. The molecule has 2 rings (SSSR count). The summed E-state index contributed by atoms with van der Waals surface area (Å²) in [4.78, 5) is 6.53. The monoisotopic (exact) mass is 233 g/mol. The second-order valence-corrected chi connectivity index (χ2v) is 5.14. The molecule has 0 radical (unpaired) electrons. The molecule has 0 amide bonds. The van der Waals surface area contributed by atoms with Gasteiger partial charge in [0.25, 0.3) is 0 Å². The lowest BCUT2D eigenvalue weighted by Crippen LogP contribution is -1.98. The van der Waals surface area contributed by atoms with Gasteiger partial charge in [-0.05, 0) is 44.0 Å². The van der Waals surface area contributed by atoms with E-state index in [2.05, 4.69) is 11.9 Å². The lowest BCUT2D eigenvalue weighted by Gasteiger charge is -2.07. The molecule has 2 aromatic heterocycles. The normalized spacial score (nSPS) is 12.6. The van der Waals surface area contributed by atoms with Crippen LogP contribution in [0.2, 0.25) is 0 Å². The number of thiophene rings is 1. The molecular weight excluding hydrogens is 218 g/mol. The molecule has 1 atom stereocenters. The van der Waals surface area contributed by atoms with E-state index in [1.807, 2.05) is 30.3 Å². The van der Waals surface area contributed by atoms with Crippen LogP contribution in [0.3, 0.4) is 0 Å². The molecule has 1 N–H and O–H groups in total. The molecule has 2 aromatic rings. The summed E-state index contributed by atoms with van der Waals surface area (Å²) < 4.78 is 0. The number of pyridine rings is 1. The van der Waals surface area contributed by atoms with E-state index in [1.54, 1.807) is 17.5 Å². The van der Waals surface area contributed by atoms with Crippen LogP contribution in [0.4, 0.5) is 0 Å². The topological polar surface area (TPSA) is 33.1 Å². The summed E-state index contributed by atoms with van der Waals surface area (Å²) in [6.45, 7) is 2.06. The van der Waals surface area contributed by atoms with Crippen molar-refractivity contribution in [1.29, 1.82) is 0 Å². The van der Waals surface area contributed by atoms with Crippen molar-refractivity contribution < 1.29 is 5.11 Å². The second kappa shape index (κ2) is 5.23. The Balaban J connectivity index is 1.91. The molecule has 0 aliphatic carbocycles. The van der Waals surface area contributed by atoms with Crippen LogP contribution in [-0.2, 0) is 6.42 Å². The van der Waals surface area contributed by atoms with Gasteiger partial charge in [0.1, 0.15) is 0 Å². The fraction of sp³-hybridized carbons (Fsp3) is 0.308. The highest BCUT2D eigenvalue weighted by Crippen LogP contribution is 2.25. The first kappa shape index (κ1) is 11.3. The zero-order valence-corrected chi connectivity index (χ0v) is 10.1. The van der Waals surface area contributed by atoms with Gasteiger partial charge in [-0.2, -0.15) is 0 Å². The van der Waals surface area contributed by atoms with Gasteiger partial charge in [-0.15, -0.1) is 11.3 Å². The molecule has 0 spiro atoms. The molecule has 2 nitrogen and oxygen atoms in total. The van der Waals surface area contributed by atoms with Gasteiger partial charge in [-0.1, -0.05) is 6.07 Å². The van der Waals surface area contributed by atoms with Gasteiger partial charge >= 0.3 is 0 Å². The molecule has 2 heterocycles. The van der Waals surface area contributed by atoms with Gasteiger partial charge in [0.15, 0.2) is 0 Å². The van der Waals surface area contributed by atoms with Crippen molar-refractivity contribution in [3.05, 3.63) is 52.0 Å². The van der Waals surface area contributed by atoms with Gasteiger partial charge in [-0.25, -0.2) is 0 Å². The zero-order chi connectivity index (χ0) is 11.4. The molecule has 3 heteroatoms. The number of rotatable bonds is 4. The highest BCUT2D eigenvalue weighted by molar-refractivity contribution is 7.11. The molecule has 0 fully saturated rings. The van der Waals surface area contributed by atoms with E-state index < -0.39 is 0 Å². The predicted octanol–water partition coefficient (Wildman–Crippen LogP) is 3.12. The quantitative estimate of drug-likeness (QED) is 0.880. The van der Waals surface area contributed by atoms with Crippen molar-refractivity contribution in [2.75, 3.05) is 0 Å². The number of aryl methyl sites for hydroxylation is 2. The summed E-state index contributed by atoms with van der Waals surface area (Å²) in [7, 11) is 0. The fourth-order valence-corrected chi connectivity index (χ4v) is 2.50. The minimum Gasteiger partial charge on any atom is -0.388 e. The molecule has 0 aliphatic heterocycles. The fourth-order valence-electron chi connectivity index (χ4n) is 1.61. The van der Waals surface area contributed by atoms with Crippen LogP contribution in [0, 0.1) is 6.92 Å². The third-order valence-electron chi connectivity index (χ3n) is 2.49. The third-order valence-corrected chi connectivity index (χ3v) is 3.59. The molecule has 0 aliphatic rings. The SMILES string of the molecule is Cc1ccc(C(O)CCc2ccccn2)s1. The number of aliphatic hydroxyl groups is 1. The Morgan fingerprint density at radius 3 is 2.81 bits per heavy atom. The molecule has 1 unspecified atom stereocenters. The Morgan fingerprint density at radius 2 is 2.19 bits per heavy atom. The van der Waals surface area contributed by atoms with Crippen molar-refractivity contribution in [3.8, 4) is 0 Å². The standard InChI is InChI=1S/C13H15NOS/c1-10-5-8-13(16-10)12(15)7-6-11-4-2-3-9-14-11/h2-5,8-9,12,15H,6-7H2,1H3. The summed E-state index contributed by atoms with van der Waals surface area (Å²) >= 11 is 1.66. The first-order chi connectivity index (χ1) is 7.75. The van der Waals surface area contributed by atoms with Crippen LogP contribution in [-0.4, -0.2) is 10.1 Å². The maximum Gasteiger partial charge on any atom is 0.0885 e. The maximum absolute atomic E-state index is 9.98. The van der Waals surface area contributed by atoms with E-state index in [0.717, 1.165) is 23.4 Å². The molecule has 0 saturated carbocycles. The van der Waals surface area contributed by atoms with Crippen molar-refractivity contribution in [2.45, 2.75) is 25.9 Å². The maximum atomic E-state index is 9.98. The van der Waals surface area contributed by atoms with Crippen molar-refractivity contribution in [1.82, 2.24) is 4.98 Å². The third kappa shape index (κ3) is 2.90. The predicted molar refractivity (Wildman–Crippen MR) is 66.6 cm³/mol. The summed E-state index contributed by atoms with van der Waals surface area (Å²) in [6, 6.07) is 9.92. The van der Waals surface area contributed by atoms with Crippen LogP contribution >= 0.6 is 11.3 Å². The number of aromatic nitrogens is 1. The molecule has 0 saturated heterocycles. The van der Waals surface area contributed by atoms with Gasteiger partial charge in [0, 0.05) is 21.6 Å². The Bertz CT molecular complexity index is 438. The van der Waals surface area contributed by atoms with E-state index in [1.165, 1.54) is 4.88 Å². The minimum atomic E-state index is -0.360. The van der Waals surface area contributed by atoms with Gasteiger partial charge in [-0.3, -0.25) is 4.98 Å². The number of hydrogen-bond acceptors (Lipinski definition) is 3. The minimum absolute atomic E-state index is 0.360. The average molecular weight is 233 g/mol. The van der Waals surface area contributed by atoms with E-state index in [0.29, 0.717) is 0 Å². The van der Waals surface area contributed by atoms with E-state index in [9.17, 15) is 5.11 Å². The first-order valence-electron chi connectivity index (χ1n) is 5.40. The largest absolute Gasteiger partial charge is 0.388 e. The smallest absolute Gasteiger partial charge is 0.0885 e. The van der Waals surface area contributed by atoms with E-state index in [4.69, 9.17) is 0 Å². The van der Waals surface area contributed by atoms with E-state index in [-0.39, 0.29) is 6.10 Å². The molecule has 16 heavy (non-hydrogen) atoms. The number of aliphatic hydroxyl groups excluding tert-OH is 1. The second-order valence-electron chi connectivity index (χ2n) is 3.82. The summed E-state index contributed by atoms with van der Waals surface area (Å²) in [5.41, 5.74) is 1.04. The highest BCUT2D eigenvalue weighted by atomic mass is 32.1. The highest BCUT2D eigenvalue weighted by Gasteiger charge is 2.09. The van der Waals surface area contributed by atoms with Gasteiger partial charge < -0.3 is 5.11 Å². The summed E-state index contributed by atoms with van der Waals surface area (Å²) in [5, 5.41) is 9.98. The van der Waals surface area contributed by atoms with Crippen molar-refractivity contribution >= 4 is 11.3 Å². The Morgan fingerprint density at radius 1 is 1.31 bits per heavy atom. The summed E-state index contributed by atoms with van der Waals surface area (Å²) in [5.74, 6) is 0. The van der Waals surface area contributed by atoms with Crippen LogP contribution in [0.5, 0.6) is 0 Å². The van der Waals surface area contributed by atoms with Crippen LogP contribution < -0.4 is 0 Å². The van der Waals surface area contributed by atoms with Crippen molar-refractivity contribution in [2.24, 2.45) is 0 Å². The first-order valence-corrected chi connectivity index (χ1v) is 6.21. The Labute approximate surface area is 99.6 Å². The van der Waals surface area contributed by atoms with Crippen LogP contribution in [0.25, 0.3) is 0 Å². The van der Waals surface area contributed by atoms with Gasteiger partial charge in [0.2, 0.25) is 0 Å². The average Bonchev–Trinajstić information content (AvgIpc) is 2.74. The lowest BCUT2D eigenvalue weighted by molar-refractivity contribution is 0.171. The molecule has 84 valence electrons. The lowest BCUT2D eigenvalue weighted by atomic mass is 10.1. The summed E-state index contributed by atoms with van der Waals surface area (Å²) in [6.07, 6.45) is 2.98. The van der Waals surface area contributed by atoms with E-state index >= 15 is 0 Å². The van der Waals surface area contributed by atoms with Crippen molar-refractivity contribution in [3.63, 3.8) is 0 Å². The van der Waals surface area contributed by atoms with Gasteiger partial charge in [0.05, 0.1) is 6.10 Å². The van der Waals surface area contributed by atoms with Crippen LogP contribution in [0.15, 0.2) is 36.5 Å². The Kier molecular flexibility index (Phi) is 3.70. The Hall–Kier alpha value is -1.19. The number of nitrogens with zero attached hydrogens (tertiary/aromatic N) is 1. The van der Waals surface area contributed by atoms with Crippen LogP contribution in [0.1, 0.15) is 28.0 Å². The number of hydrogen-bond donors (Lipinski definition) is 1.